The lowest BCUT2D eigenvalue weighted by Gasteiger charge is -2.38. The van der Waals surface area contributed by atoms with Gasteiger partial charge in [-0.25, -0.2) is 4.79 Å². The van der Waals surface area contributed by atoms with E-state index in [1.54, 1.807) is 4.90 Å². The van der Waals surface area contributed by atoms with E-state index >= 15 is 0 Å². The van der Waals surface area contributed by atoms with Crippen LogP contribution in [0.25, 0.3) is 0 Å². The van der Waals surface area contributed by atoms with Crippen molar-refractivity contribution >= 4 is 6.09 Å². The van der Waals surface area contributed by atoms with E-state index < -0.39 is 11.2 Å². The van der Waals surface area contributed by atoms with Crippen molar-refractivity contribution in [2.75, 3.05) is 6.54 Å². The molecule has 4 nitrogen and oxygen atoms in total. The molecule has 1 aliphatic rings. The molecule has 0 saturated carbocycles. The highest BCUT2D eigenvalue weighted by atomic mass is 16.6. The fraction of sp³-hybridized carbons (Fsp3) is 0.929. The molecule has 0 aromatic heterocycles. The Hall–Kier alpha value is -0.770. The number of likely N-dealkylation sites (tertiary alicyclic amines) is 1. The number of amides is 1. The molecule has 1 N–H and O–H groups in total. The summed E-state index contributed by atoms with van der Waals surface area (Å²) in [7, 11) is 0. The van der Waals surface area contributed by atoms with E-state index in [0.717, 1.165) is 12.8 Å². The number of carbonyl (C=O) groups is 1. The van der Waals surface area contributed by atoms with Gasteiger partial charge < -0.3 is 14.7 Å². The second-order valence-electron chi connectivity index (χ2n) is 6.14. The Morgan fingerprint density at radius 3 is 2.33 bits per heavy atom. The number of nitrogens with zero attached hydrogens (tertiary/aromatic N) is 1. The first-order valence-corrected chi connectivity index (χ1v) is 6.95. The van der Waals surface area contributed by atoms with Gasteiger partial charge in [0.1, 0.15) is 5.60 Å². The van der Waals surface area contributed by atoms with Gasteiger partial charge in [-0.1, -0.05) is 13.8 Å². The molecule has 0 spiro atoms. The first-order valence-electron chi connectivity index (χ1n) is 6.95. The first kappa shape index (κ1) is 15.3. The summed E-state index contributed by atoms with van der Waals surface area (Å²) in [6.45, 7) is 10.2. The molecular formula is C14H27NO3. The Labute approximate surface area is 110 Å². The summed E-state index contributed by atoms with van der Waals surface area (Å²) in [5.74, 6) is 0. The van der Waals surface area contributed by atoms with Crippen LogP contribution in [0.2, 0.25) is 0 Å². The zero-order chi connectivity index (χ0) is 14.0. The van der Waals surface area contributed by atoms with Crippen LogP contribution in [0, 0.1) is 0 Å². The summed E-state index contributed by atoms with van der Waals surface area (Å²) in [5.41, 5.74) is -1.27. The van der Waals surface area contributed by atoms with Crippen molar-refractivity contribution in [1.82, 2.24) is 4.90 Å². The minimum absolute atomic E-state index is 0.109. The highest BCUT2D eigenvalue weighted by molar-refractivity contribution is 5.69. The molecule has 0 unspecified atom stereocenters. The lowest BCUT2D eigenvalue weighted by atomic mass is 9.87. The largest absolute Gasteiger partial charge is 0.444 e. The van der Waals surface area contributed by atoms with Gasteiger partial charge >= 0.3 is 6.09 Å². The van der Waals surface area contributed by atoms with Crippen LogP contribution < -0.4 is 0 Å². The van der Waals surface area contributed by atoms with Gasteiger partial charge in [0.05, 0.1) is 11.6 Å². The van der Waals surface area contributed by atoms with Crippen molar-refractivity contribution in [3.05, 3.63) is 0 Å². The molecule has 0 radical (unpaired) electrons. The van der Waals surface area contributed by atoms with Crippen molar-refractivity contribution in [2.45, 2.75) is 77.5 Å². The minimum atomic E-state index is -0.784. The zero-order valence-electron chi connectivity index (χ0n) is 12.3. The van der Waals surface area contributed by atoms with Crippen LogP contribution >= 0.6 is 0 Å². The molecule has 4 heteroatoms. The Kier molecular flexibility index (Phi) is 4.65. The molecule has 0 aliphatic carbocycles. The van der Waals surface area contributed by atoms with Gasteiger partial charge in [0.25, 0.3) is 0 Å². The summed E-state index contributed by atoms with van der Waals surface area (Å²) >= 11 is 0. The first-order chi connectivity index (χ1) is 8.23. The molecule has 106 valence electrons. The van der Waals surface area contributed by atoms with Gasteiger partial charge in [0, 0.05) is 6.54 Å². The average Bonchev–Trinajstić information content (AvgIpc) is 2.75. The minimum Gasteiger partial charge on any atom is -0.444 e. The van der Waals surface area contributed by atoms with Crippen molar-refractivity contribution in [2.24, 2.45) is 0 Å². The molecular weight excluding hydrogens is 230 g/mol. The third kappa shape index (κ3) is 3.37. The molecule has 0 aromatic rings. The van der Waals surface area contributed by atoms with Gasteiger partial charge in [-0.2, -0.15) is 0 Å². The van der Waals surface area contributed by atoms with E-state index in [4.69, 9.17) is 4.74 Å². The second-order valence-corrected chi connectivity index (χ2v) is 6.14. The number of hydrogen-bond acceptors (Lipinski definition) is 3. The summed E-state index contributed by atoms with van der Waals surface area (Å²) in [5, 5.41) is 10.6. The van der Waals surface area contributed by atoms with Crippen molar-refractivity contribution in [1.29, 1.82) is 0 Å². The Morgan fingerprint density at radius 1 is 1.33 bits per heavy atom. The van der Waals surface area contributed by atoms with Gasteiger partial charge in [0.2, 0.25) is 0 Å². The van der Waals surface area contributed by atoms with Gasteiger partial charge in [-0.05, 0) is 46.5 Å². The van der Waals surface area contributed by atoms with Crippen molar-refractivity contribution in [3.63, 3.8) is 0 Å². The lowest BCUT2D eigenvalue weighted by Crippen LogP contribution is -2.52. The number of hydrogen-bond donors (Lipinski definition) is 1. The average molecular weight is 257 g/mol. The molecule has 1 aliphatic heterocycles. The van der Waals surface area contributed by atoms with Crippen LogP contribution in [0.1, 0.15) is 60.3 Å². The lowest BCUT2D eigenvalue weighted by molar-refractivity contribution is -0.0485. The van der Waals surface area contributed by atoms with Gasteiger partial charge in [-0.15, -0.1) is 0 Å². The van der Waals surface area contributed by atoms with Crippen molar-refractivity contribution in [3.8, 4) is 0 Å². The summed E-state index contributed by atoms with van der Waals surface area (Å²) < 4.78 is 5.41. The maximum absolute atomic E-state index is 12.1. The smallest absolute Gasteiger partial charge is 0.410 e. The highest BCUT2D eigenvalue weighted by Crippen LogP contribution is 2.32. The number of rotatable bonds is 3. The Bertz CT molecular complexity index is 292. The predicted molar refractivity (Wildman–Crippen MR) is 71.5 cm³/mol. The standard InChI is InChI=1S/C14H27NO3/c1-6-14(17,7-2)11-9-8-10-15(11)12(16)18-13(3,4)5/h11,17H,6-10H2,1-5H3/t11-/m0/s1. The van der Waals surface area contributed by atoms with Gasteiger partial charge in [-0.3, -0.25) is 0 Å². The summed E-state index contributed by atoms with van der Waals surface area (Å²) in [4.78, 5) is 13.8. The van der Waals surface area contributed by atoms with E-state index in [9.17, 15) is 9.90 Å². The fourth-order valence-corrected chi connectivity index (χ4v) is 2.59. The highest BCUT2D eigenvalue weighted by Gasteiger charge is 2.43. The van der Waals surface area contributed by atoms with Crippen LogP contribution in [-0.2, 0) is 4.74 Å². The molecule has 1 atom stereocenters. The third-order valence-electron chi connectivity index (χ3n) is 3.73. The molecule has 1 amide bonds. The van der Waals surface area contributed by atoms with Crippen LogP contribution in [-0.4, -0.2) is 39.9 Å². The van der Waals surface area contributed by atoms with Gasteiger partial charge in [0.15, 0.2) is 0 Å². The third-order valence-corrected chi connectivity index (χ3v) is 3.73. The quantitative estimate of drug-likeness (QED) is 0.845. The maximum Gasteiger partial charge on any atom is 0.410 e. The Morgan fingerprint density at radius 2 is 1.89 bits per heavy atom. The summed E-state index contributed by atoms with van der Waals surface area (Å²) in [6.07, 6.45) is 2.82. The molecule has 0 bridgehead atoms. The van der Waals surface area contributed by atoms with Crippen LogP contribution in [0.4, 0.5) is 4.79 Å². The molecule has 0 aromatic carbocycles. The van der Waals surface area contributed by atoms with E-state index in [0.29, 0.717) is 19.4 Å². The van der Waals surface area contributed by atoms with Crippen LogP contribution in [0.15, 0.2) is 0 Å². The molecule has 1 rings (SSSR count). The topological polar surface area (TPSA) is 49.8 Å². The predicted octanol–water partition coefficient (Wildman–Crippen LogP) is 2.94. The number of aliphatic hydroxyl groups is 1. The zero-order valence-corrected chi connectivity index (χ0v) is 12.3. The van der Waals surface area contributed by atoms with Crippen molar-refractivity contribution < 1.29 is 14.6 Å². The molecule has 18 heavy (non-hydrogen) atoms. The fourth-order valence-electron chi connectivity index (χ4n) is 2.59. The van der Waals surface area contributed by atoms with Crippen LogP contribution in [0.5, 0.6) is 0 Å². The maximum atomic E-state index is 12.1. The Balaban J connectivity index is 2.79. The van der Waals surface area contributed by atoms with E-state index in [1.165, 1.54) is 0 Å². The summed E-state index contributed by atoms with van der Waals surface area (Å²) in [6, 6.07) is -0.109. The molecule has 1 fully saturated rings. The molecule has 1 saturated heterocycles. The van der Waals surface area contributed by atoms with E-state index in [1.807, 2.05) is 34.6 Å². The molecule has 1 heterocycles. The second kappa shape index (κ2) is 5.47. The van der Waals surface area contributed by atoms with Crippen LogP contribution in [0.3, 0.4) is 0 Å². The van der Waals surface area contributed by atoms with E-state index in [2.05, 4.69) is 0 Å². The normalized spacial score (nSPS) is 21.2. The number of carbonyl (C=O) groups excluding carboxylic acids is 1. The number of ether oxygens (including phenoxy) is 1. The SMILES string of the molecule is CCC(O)(CC)[C@@H]1CCCN1C(=O)OC(C)(C)C. The van der Waals surface area contributed by atoms with E-state index in [-0.39, 0.29) is 12.1 Å². The monoisotopic (exact) mass is 257 g/mol.